The van der Waals surface area contributed by atoms with E-state index in [-0.39, 0.29) is 0 Å². The van der Waals surface area contributed by atoms with Crippen molar-refractivity contribution in [3.63, 3.8) is 0 Å². The normalized spacial score (nSPS) is 17.4. The zero-order chi connectivity index (χ0) is 16.8. The molecule has 0 bridgehead atoms. The summed E-state index contributed by atoms with van der Waals surface area (Å²) in [5.74, 6) is 1.71. The Hall–Kier alpha value is -2.51. The predicted molar refractivity (Wildman–Crippen MR) is 93.2 cm³/mol. The van der Waals surface area contributed by atoms with Crippen molar-refractivity contribution in [3.05, 3.63) is 59.7 Å². The van der Waals surface area contributed by atoms with Crippen LogP contribution in [0.15, 0.2) is 48.5 Å². The molecule has 0 aromatic heterocycles. The zero-order valence-electron chi connectivity index (χ0n) is 13.9. The molecule has 0 saturated carbocycles. The zero-order valence-corrected chi connectivity index (χ0v) is 13.9. The number of benzene rings is 2. The average Bonchev–Trinajstić information content (AvgIpc) is 3.11. The van der Waals surface area contributed by atoms with Crippen molar-refractivity contribution in [2.75, 3.05) is 26.8 Å². The summed E-state index contributed by atoms with van der Waals surface area (Å²) >= 11 is 0. The summed E-state index contributed by atoms with van der Waals surface area (Å²) in [6.45, 7) is 2.66. The molecular formula is C20H22N2O2. The quantitative estimate of drug-likeness (QED) is 0.812. The molecule has 1 atom stereocenters. The van der Waals surface area contributed by atoms with Crippen molar-refractivity contribution < 1.29 is 9.47 Å². The van der Waals surface area contributed by atoms with Crippen LogP contribution in [-0.2, 0) is 0 Å². The number of likely N-dealkylation sites (tertiary alicyclic amines) is 1. The Labute approximate surface area is 143 Å². The lowest BCUT2D eigenvalue weighted by molar-refractivity contribution is 0.197. The molecule has 1 heterocycles. The van der Waals surface area contributed by atoms with Gasteiger partial charge >= 0.3 is 0 Å². The predicted octanol–water partition coefficient (Wildman–Crippen LogP) is 3.78. The summed E-state index contributed by atoms with van der Waals surface area (Å²) in [6.07, 6.45) is 2.40. The Morgan fingerprint density at radius 2 is 1.79 bits per heavy atom. The van der Waals surface area contributed by atoms with E-state index in [9.17, 15) is 0 Å². The lowest BCUT2D eigenvalue weighted by atomic mass is 10.0. The van der Waals surface area contributed by atoms with E-state index in [0.29, 0.717) is 18.2 Å². The van der Waals surface area contributed by atoms with E-state index < -0.39 is 0 Å². The number of methoxy groups -OCH3 is 1. The largest absolute Gasteiger partial charge is 0.497 e. The van der Waals surface area contributed by atoms with Gasteiger partial charge in [-0.2, -0.15) is 5.26 Å². The third-order valence-corrected chi connectivity index (χ3v) is 4.49. The number of nitriles is 1. The van der Waals surface area contributed by atoms with Gasteiger partial charge in [-0.3, -0.25) is 4.90 Å². The molecule has 1 fully saturated rings. The van der Waals surface area contributed by atoms with Gasteiger partial charge in [0.25, 0.3) is 0 Å². The Morgan fingerprint density at radius 1 is 1.08 bits per heavy atom. The van der Waals surface area contributed by atoms with Gasteiger partial charge in [0.1, 0.15) is 18.1 Å². The minimum Gasteiger partial charge on any atom is -0.497 e. The van der Waals surface area contributed by atoms with Crippen LogP contribution in [0.25, 0.3) is 0 Å². The van der Waals surface area contributed by atoms with Gasteiger partial charge in [0.05, 0.1) is 18.7 Å². The fourth-order valence-electron chi connectivity index (χ4n) is 3.20. The number of ether oxygens (including phenoxy) is 2. The van der Waals surface area contributed by atoms with Crippen LogP contribution in [0.1, 0.15) is 30.0 Å². The summed E-state index contributed by atoms with van der Waals surface area (Å²) in [4.78, 5) is 2.48. The highest BCUT2D eigenvalue weighted by Crippen LogP contribution is 2.32. The van der Waals surface area contributed by atoms with Gasteiger partial charge in [0.15, 0.2) is 0 Å². The molecule has 1 saturated heterocycles. The van der Waals surface area contributed by atoms with Crippen molar-refractivity contribution in [2.24, 2.45) is 0 Å². The molecule has 24 heavy (non-hydrogen) atoms. The van der Waals surface area contributed by atoms with E-state index in [1.54, 1.807) is 19.2 Å². The van der Waals surface area contributed by atoms with Gasteiger partial charge in [-0.25, -0.2) is 0 Å². The van der Waals surface area contributed by atoms with E-state index in [1.165, 1.54) is 18.4 Å². The third kappa shape index (κ3) is 3.87. The van der Waals surface area contributed by atoms with Crippen LogP contribution in [0, 0.1) is 11.3 Å². The summed E-state index contributed by atoms with van der Waals surface area (Å²) < 4.78 is 11.1. The highest BCUT2D eigenvalue weighted by Gasteiger charge is 2.25. The standard InChI is InChI=1S/C20H22N2O2/c1-23-18-10-6-17(7-11-18)20-3-2-12-22(20)13-14-24-19-8-4-16(15-21)5-9-19/h4-11,20H,2-3,12-14H2,1H3/t20-/m1/s1. The average molecular weight is 322 g/mol. The molecule has 0 aliphatic carbocycles. The Bertz CT molecular complexity index is 689. The van der Waals surface area contributed by atoms with E-state index in [2.05, 4.69) is 23.1 Å². The van der Waals surface area contributed by atoms with E-state index >= 15 is 0 Å². The maximum atomic E-state index is 8.81. The molecule has 4 heteroatoms. The first-order chi connectivity index (χ1) is 11.8. The van der Waals surface area contributed by atoms with Crippen LogP contribution in [0.3, 0.4) is 0 Å². The molecule has 0 unspecified atom stereocenters. The van der Waals surface area contributed by atoms with Gasteiger partial charge in [-0.05, 0) is 61.3 Å². The fraction of sp³-hybridized carbons (Fsp3) is 0.350. The fourth-order valence-corrected chi connectivity index (χ4v) is 3.20. The molecule has 0 N–H and O–H groups in total. The summed E-state index contributed by atoms with van der Waals surface area (Å²) in [5.41, 5.74) is 1.99. The number of hydrogen-bond donors (Lipinski definition) is 0. The first-order valence-corrected chi connectivity index (χ1v) is 8.31. The second-order valence-corrected chi connectivity index (χ2v) is 5.95. The molecular weight excluding hydrogens is 300 g/mol. The van der Waals surface area contributed by atoms with Crippen LogP contribution < -0.4 is 9.47 Å². The molecule has 0 radical (unpaired) electrons. The molecule has 124 valence electrons. The minimum absolute atomic E-state index is 0.459. The Balaban J connectivity index is 1.54. The van der Waals surface area contributed by atoms with Crippen LogP contribution in [-0.4, -0.2) is 31.7 Å². The van der Waals surface area contributed by atoms with Crippen molar-refractivity contribution >= 4 is 0 Å². The highest BCUT2D eigenvalue weighted by atomic mass is 16.5. The third-order valence-electron chi connectivity index (χ3n) is 4.49. The molecule has 1 aliphatic heterocycles. The van der Waals surface area contributed by atoms with Gasteiger partial charge in [-0.1, -0.05) is 12.1 Å². The van der Waals surface area contributed by atoms with Crippen molar-refractivity contribution in [2.45, 2.75) is 18.9 Å². The first-order valence-electron chi connectivity index (χ1n) is 8.31. The molecule has 2 aromatic rings. The SMILES string of the molecule is COc1ccc([C@H]2CCCN2CCOc2ccc(C#N)cc2)cc1. The summed E-state index contributed by atoms with van der Waals surface area (Å²) in [6, 6.07) is 18.2. The molecule has 2 aromatic carbocycles. The van der Waals surface area contributed by atoms with Crippen molar-refractivity contribution in [3.8, 4) is 17.6 Å². The van der Waals surface area contributed by atoms with Gasteiger partial charge in [-0.15, -0.1) is 0 Å². The second kappa shape index (κ2) is 7.85. The van der Waals surface area contributed by atoms with Crippen LogP contribution in [0.2, 0.25) is 0 Å². The van der Waals surface area contributed by atoms with Crippen molar-refractivity contribution in [1.82, 2.24) is 4.90 Å². The second-order valence-electron chi connectivity index (χ2n) is 5.95. The number of nitrogens with zero attached hydrogens (tertiary/aromatic N) is 2. The maximum Gasteiger partial charge on any atom is 0.119 e. The van der Waals surface area contributed by atoms with E-state index in [0.717, 1.165) is 24.6 Å². The highest BCUT2D eigenvalue weighted by molar-refractivity contribution is 5.34. The monoisotopic (exact) mass is 322 g/mol. The van der Waals surface area contributed by atoms with Crippen molar-refractivity contribution in [1.29, 1.82) is 5.26 Å². The number of rotatable bonds is 6. The Morgan fingerprint density at radius 3 is 2.46 bits per heavy atom. The van der Waals surface area contributed by atoms with Gasteiger partial charge in [0, 0.05) is 12.6 Å². The summed E-state index contributed by atoms with van der Waals surface area (Å²) in [5, 5.41) is 8.81. The molecule has 4 nitrogen and oxygen atoms in total. The van der Waals surface area contributed by atoms with Gasteiger partial charge < -0.3 is 9.47 Å². The summed E-state index contributed by atoms with van der Waals surface area (Å²) in [7, 11) is 1.69. The topological polar surface area (TPSA) is 45.5 Å². The maximum absolute atomic E-state index is 8.81. The van der Waals surface area contributed by atoms with Crippen LogP contribution >= 0.6 is 0 Å². The first kappa shape index (κ1) is 16.4. The smallest absolute Gasteiger partial charge is 0.119 e. The van der Waals surface area contributed by atoms with Crippen LogP contribution in [0.4, 0.5) is 0 Å². The van der Waals surface area contributed by atoms with Gasteiger partial charge in [0.2, 0.25) is 0 Å². The lowest BCUT2D eigenvalue weighted by Crippen LogP contribution is -2.28. The molecule has 0 spiro atoms. The van der Waals surface area contributed by atoms with E-state index in [1.807, 2.05) is 24.3 Å². The number of hydrogen-bond acceptors (Lipinski definition) is 4. The molecule has 1 aliphatic rings. The van der Waals surface area contributed by atoms with Crippen LogP contribution in [0.5, 0.6) is 11.5 Å². The molecule has 0 amide bonds. The Kier molecular flexibility index (Phi) is 5.35. The minimum atomic E-state index is 0.459. The van der Waals surface area contributed by atoms with E-state index in [4.69, 9.17) is 14.7 Å². The molecule has 3 rings (SSSR count). The lowest BCUT2D eigenvalue weighted by Gasteiger charge is -2.25.